The summed E-state index contributed by atoms with van der Waals surface area (Å²) in [5.74, 6) is 0.350. The van der Waals surface area contributed by atoms with Crippen molar-refractivity contribution < 1.29 is 9.90 Å². The molecule has 0 radical (unpaired) electrons. The summed E-state index contributed by atoms with van der Waals surface area (Å²) in [5, 5.41) is 13.3. The van der Waals surface area contributed by atoms with Crippen molar-refractivity contribution in [3.05, 3.63) is 29.3 Å². The summed E-state index contributed by atoms with van der Waals surface area (Å²) in [6.45, 7) is 4.30. The third-order valence-electron chi connectivity index (χ3n) is 4.00. The Hall–Kier alpha value is -1.35. The number of unbranched alkanes of at least 4 members (excludes halogenated alkanes) is 1. The van der Waals surface area contributed by atoms with Gasteiger partial charge in [0.25, 0.3) is 0 Å². The molecule has 0 fully saturated rings. The largest absolute Gasteiger partial charge is 0.388 e. The summed E-state index contributed by atoms with van der Waals surface area (Å²) < 4.78 is 0. The van der Waals surface area contributed by atoms with Gasteiger partial charge >= 0.3 is 0 Å². The van der Waals surface area contributed by atoms with Crippen LogP contribution >= 0.6 is 0 Å². The molecule has 0 aromatic heterocycles. The predicted molar refractivity (Wildman–Crippen MR) is 77.0 cm³/mol. The third kappa shape index (κ3) is 3.16. The van der Waals surface area contributed by atoms with E-state index in [1.165, 1.54) is 0 Å². The van der Waals surface area contributed by atoms with Crippen LogP contribution in [0.1, 0.15) is 56.8 Å². The number of benzene rings is 1. The van der Waals surface area contributed by atoms with E-state index in [-0.39, 0.29) is 5.91 Å². The maximum absolute atomic E-state index is 11.3. The Morgan fingerprint density at radius 2 is 2.16 bits per heavy atom. The number of anilines is 1. The van der Waals surface area contributed by atoms with Gasteiger partial charge in [-0.2, -0.15) is 0 Å². The average Bonchev–Trinajstić information content (AvgIpc) is 2.78. The van der Waals surface area contributed by atoms with Gasteiger partial charge in [-0.25, -0.2) is 0 Å². The van der Waals surface area contributed by atoms with Crippen molar-refractivity contribution in [3.8, 4) is 0 Å². The zero-order chi connectivity index (χ0) is 13.8. The molecule has 0 aliphatic carbocycles. The minimum atomic E-state index is -0.419. The molecule has 3 nitrogen and oxygen atoms in total. The molecule has 104 valence electrons. The fourth-order valence-electron chi connectivity index (χ4n) is 2.76. The number of nitrogens with one attached hydrogen (secondary N) is 1. The van der Waals surface area contributed by atoms with E-state index >= 15 is 0 Å². The minimum Gasteiger partial charge on any atom is -0.388 e. The number of aliphatic hydroxyl groups is 1. The number of hydrogen-bond acceptors (Lipinski definition) is 2. The second-order valence-electron chi connectivity index (χ2n) is 5.40. The van der Waals surface area contributed by atoms with Crippen LogP contribution in [0.2, 0.25) is 0 Å². The van der Waals surface area contributed by atoms with E-state index in [0.29, 0.717) is 12.3 Å². The van der Waals surface area contributed by atoms with Gasteiger partial charge in [-0.15, -0.1) is 0 Å². The lowest BCUT2D eigenvalue weighted by atomic mass is 9.88. The van der Waals surface area contributed by atoms with Crippen LogP contribution in [0.25, 0.3) is 0 Å². The van der Waals surface area contributed by atoms with Crippen LogP contribution in [0.15, 0.2) is 18.2 Å². The maximum atomic E-state index is 11.3. The molecule has 2 rings (SSSR count). The molecule has 1 aromatic rings. The summed E-state index contributed by atoms with van der Waals surface area (Å²) in [6.07, 6.45) is 4.36. The lowest BCUT2D eigenvalue weighted by molar-refractivity contribution is -0.115. The van der Waals surface area contributed by atoms with Crippen LogP contribution in [0, 0.1) is 5.92 Å². The summed E-state index contributed by atoms with van der Waals surface area (Å²) in [4.78, 5) is 11.3. The van der Waals surface area contributed by atoms with Gasteiger partial charge in [0.2, 0.25) is 5.91 Å². The maximum Gasteiger partial charge on any atom is 0.228 e. The molecule has 1 aromatic carbocycles. The van der Waals surface area contributed by atoms with Crippen LogP contribution in [0.3, 0.4) is 0 Å². The topological polar surface area (TPSA) is 49.3 Å². The van der Waals surface area contributed by atoms with Crippen LogP contribution < -0.4 is 5.32 Å². The van der Waals surface area contributed by atoms with Crippen molar-refractivity contribution >= 4 is 11.6 Å². The molecular formula is C16H23NO2. The monoisotopic (exact) mass is 261 g/mol. The normalized spacial score (nSPS) is 16.9. The highest BCUT2D eigenvalue weighted by molar-refractivity contribution is 5.99. The fraction of sp³-hybridized carbons (Fsp3) is 0.562. The Labute approximate surface area is 115 Å². The van der Waals surface area contributed by atoms with E-state index in [9.17, 15) is 9.90 Å². The molecule has 2 unspecified atom stereocenters. The first-order chi connectivity index (χ1) is 9.15. The number of carbonyl (C=O) groups is 1. The van der Waals surface area contributed by atoms with Crippen molar-refractivity contribution in [2.75, 3.05) is 5.32 Å². The SMILES string of the molecule is CCCCC(CC)C(O)c1ccc2c(c1)CC(=O)N2. The van der Waals surface area contributed by atoms with Crippen LogP contribution in [-0.2, 0) is 11.2 Å². The van der Waals surface area contributed by atoms with Crippen molar-refractivity contribution in [1.29, 1.82) is 0 Å². The number of hydrogen-bond donors (Lipinski definition) is 2. The predicted octanol–water partition coefficient (Wildman–Crippen LogP) is 3.43. The second-order valence-corrected chi connectivity index (χ2v) is 5.40. The van der Waals surface area contributed by atoms with E-state index in [1.807, 2.05) is 18.2 Å². The molecule has 1 amide bonds. The number of fused-ring (bicyclic) bond motifs is 1. The van der Waals surface area contributed by atoms with Crippen molar-refractivity contribution in [3.63, 3.8) is 0 Å². The van der Waals surface area contributed by atoms with Crippen LogP contribution in [-0.4, -0.2) is 11.0 Å². The molecule has 2 atom stereocenters. The first kappa shape index (κ1) is 14.1. The van der Waals surface area contributed by atoms with Crippen molar-refractivity contribution in [2.45, 2.75) is 52.1 Å². The molecule has 0 bridgehead atoms. The van der Waals surface area contributed by atoms with E-state index < -0.39 is 6.10 Å². The smallest absolute Gasteiger partial charge is 0.228 e. The highest BCUT2D eigenvalue weighted by atomic mass is 16.3. The molecule has 19 heavy (non-hydrogen) atoms. The summed E-state index contributed by atoms with van der Waals surface area (Å²) in [6, 6.07) is 5.82. The highest BCUT2D eigenvalue weighted by Crippen LogP contribution is 2.32. The van der Waals surface area contributed by atoms with Gasteiger partial charge in [-0.3, -0.25) is 4.79 Å². The van der Waals surface area contributed by atoms with E-state index in [1.54, 1.807) is 0 Å². The van der Waals surface area contributed by atoms with E-state index in [2.05, 4.69) is 19.2 Å². The molecule has 3 heteroatoms. The standard InChI is InChI=1S/C16H23NO2/c1-3-5-6-11(4-2)16(19)12-7-8-14-13(9-12)10-15(18)17-14/h7-9,11,16,19H,3-6,10H2,1-2H3,(H,17,18). The zero-order valence-corrected chi connectivity index (χ0v) is 11.8. The lowest BCUT2D eigenvalue weighted by Gasteiger charge is -2.22. The molecule has 1 aliphatic heterocycles. The van der Waals surface area contributed by atoms with Gasteiger partial charge < -0.3 is 10.4 Å². The summed E-state index contributed by atoms with van der Waals surface area (Å²) in [5.41, 5.74) is 2.84. The third-order valence-corrected chi connectivity index (χ3v) is 4.00. The summed E-state index contributed by atoms with van der Waals surface area (Å²) in [7, 11) is 0. The lowest BCUT2D eigenvalue weighted by Crippen LogP contribution is -2.12. The van der Waals surface area contributed by atoms with Crippen LogP contribution in [0.4, 0.5) is 5.69 Å². The molecule has 0 spiro atoms. The van der Waals surface area contributed by atoms with Gasteiger partial charge in [0.15, 0.2) is 0 Å². The molecule has 2 N–H and O–H groups in total. The quantitative estimate of drug-likeness (QED) is 0.824. The summed E-state index contributed by atoms with van der Waals surface area (Å²) >= 11 is 0. The minimum absolute atomic E-state index is 0.0414. The number of amides is 1. The molecular weight excluding hydrogens is 238 g/mol. The molecule has 0 saturated heterocycles. The first-order valence-corrected chi connectivity index (χ1v) is 7.26. The Balaban J connectivity index is 2.12. The molecule has 0 saturated carbocycles. The Morgan fingerprint density at radius 3 is 2.84 bits per heavy atom. The second kappa shape index (κ2) is 6.20. The van der Waals surface area contributed by atoms with Gasteiger partial charge in [0, 0.05) is 5.69 Å². The average molecular weight is 261 g/mol. The Morgan fingerprint density at radius 1 is 1.37 bits per heavy atom. The number of carbonyl (C=O) groups excluding carboxylic acids is 1. The zero-order valence-electron chi connectivity index (χ0n) is 11.8. The van der Waals surface area contributed by atoms with Crippen molar-refractivity contribution in [1.82, 2.24) is 0 Å². The van der Waals surface area contributed by atoms with E-state index in [0.717, 1.165) is 42.5 Å². The Kier molecular flexibility index (Phi) is 4.59. The molecule has 1 heterocycles. The number of rotatable bonds is 6. The van der Waals surface area contributed by atoms with Gasteiger partial charge in [0.1, 0.15) is 0 Å². The fourth-order valence-corrected chi connectivity index (χ4v) is 2.76. The van der Waals surface area contributed by atoms with Crippen molar-refractivity contribution in [2.24, 2.45) is 5.92 Å². The number of aliphatic hydroxyl groups excluding tert-OH is 1. The first-order valence-electron chi connectivity index (χ1n) is 7.26. The molecule has 1 aliphatic rings. The highest BCUT2D eigenvalue weighted by Gasteiger charge is 2.22. The van der Waals surface area contributed by atoms with Crippen LogP contribution in [0.5, 0.6) is 0 Å². The van der Waals surface area contributed by atoms with E-state index in [4.69, 9.17) is 0 Å². The van der Waals surface area contributed by atoms with Gasteiger partial charge in [0.05, 0.1) is 12.5 Å². The van der Waals surface area contributed by atoms with Gasteiger partial charge in [-0.1, -0.05) is 45.2 Å². The Bertz CT molecular complexity index is 456. The van der Waals surface area contributed by atoms with Gasteiger partial charge in [-0.05, 0) is 29.5 Å².